The Labute approximate surface area is 185 Å². The lowest BCUT2D eigenvalue weighted by Crippen LogP contribution is -2.14. The van der Waals surface area contributed by atoms with E-state index >= 15 is 0 Å². The summed E-state index contributed by atoms with van der Waals surface area (Å²) in [5, 5.41) is 14.4. The summed E-state index contributed by atoms with van der Waals surface area (Å²) in [6.07, 6.45) is 0. The highest BCUT2D eigenvalue weighted by atomic mass is 16.1. The zero-order valence-corrected chi connectivity index (χ0v) is 19.1. The highest BCUT2D eigenvalue weighted by Crippen LogP contribution is 2.21. The molecule has 164 valence electrons. The molecule has 0 unspecified atom stereocenters. The Balaban J connectivity index is 1.73. The van der Waals surface area contributed by atoms with E-state index in [9.17, 15) is 9.59 Å². The predicted octanol–water partition coefficient (Wildman–Crippen LogP) is 4.91. The minimum atomic E-state index is -0.322. The summed E-state index contributed by atoms with van der Waals surface area (Å²) >= 11 is 0. The Morgan fingerprint density at radius 3 is 1.31 bits per heavy atom. The fourth-order valence-corrected chi connectivity index (χ4v) is 3.50. The molecule has 0 saturated carbocycles. The summed E-state index contributed by atoms with van der Waals surface area (Å²) in [6, 6.07) is 11.6. The van der Waals surface area contributed by atoms with Crippen molar-refractivity contribution in [2.24, 2.45) is 10.2 Å². The van der Waals surface area contributed by atoms with Gasteiger partial charge in [-0.15, -0.1) is 10.2 Å². The van der Waals surface area contributed by atoms with Crippen molar-refractivity contribution >= 4 is 11.4 Å². The Morgan fingerprint density at radius 2 is 0.969 bits per heavy atom. The zero-order valence-electron chi connectivity index (χ0n) is 19.1. The highest BCUT2D eigenvalue weighted by molar-refractivity contribution is 5.48. The first-order valence-electron chi connectivity index (χ1n) is 10.4. The molecular weight excluding hydrogens is 404 g/mol. The van der Waals surface area contributed by atoms with Gasteiger partial charge in [0.15, 0.2) is 11.4 Å². The van der Waals surface area contributed by atoms with Gasteiger partial charge in [0, 0.05) is 0 Å². The Morgan fingerprint density at radius 1 is 0.594 bits per heavy atom. The molecule has 32 heavy (non-hydrogen) atoms. The minimum Gasteiger partial charge on any atom is -0.293 e. The van der Waals surface area contributed by atoms with Crippen LogP contribution in [0.15, 0.2) is 56.2 Å². The summed E-state index contributed by atoms with van der Waals surface area (Å²) in [7, 11) is 0. The summed E-state index contributed by atoms with van der Waals surface area (Å²) < 4.78 is 2.88. The summed E-state index contributed by atoms with van der Waals surface area (Å²) in [4.78, 5) is 25.9. The third-order valence-electron chi connectivity index (χ3n) is 5.83. The fourth-order valence-electron chi connectivity index (χ4n) is 3.50. The maximum absolute atomic E-state index is 13.0. The van der Waals surface area contributed by atoms with Crippen LogP contribution >= 0.6 is 0 Å². The van der Waals surface area contributed by atoms with Gasteiger partial charge >= 0.3 is 0 Å². The molecule has 0 bridgehead atoms. The van der Waals surface area contributed by atoms with Crippen molar-refractivity contribution in [2.75, 3.05) is 0 Å². The normalized spacial score (nSPS) is 11.6. The minimum absolute atomic E-state index is 0.168. The smallest absolute Gasteiger partial charge is 0.293 e. The van der Waals surface area contributed by atoms with E-state index in [1.807, 2.05) is 64.1 Å². The number of H-pyrrole nitrogens is 2. The zero-order chi connectivity index (χ0) is 23.2. The molecule has 8 heteroatoms. The molecule has 0 aliphatic rings. The molecule has 4 rings (SSSR count). The lowest BCUT2D eigenvalue weighted by Gasteiger charge is -2.05. The van der Waals surface area contributed by atoms with Gasteiger partial charge in [-0.25, -0.2) is 9.36 Å². The number of aromatic nitrogens is 4. The quantitative estimate of drug-likeness (QED) is 0.450. The van der Waals surface area contributed by atoms with Crippen molar-refractivity contribution in [3.8, 4) is 11.4 Å². The Hall–Kier alpha value is -3.94. The van der Waals surface area contributed by atoms with Gasteiger partial charge in [0.2, 0.25) is 0 Å². The van der Waals surface area contributed by atoms with Crippen molar-refractivity contribution in [1.29, 1.82) is 0 Å². The molecule has 2 heterocycles. The SMILES string of the molecule is Cc1ccc(-n2[nH]c(C)c(N=Nc3c(C)[nH]n(-c4ccc(C)c(C)c4)c3=O)c2=O)cc1C. The number of aryl methyl sites for hydroxylation is 6. The van der Waals surface area contributed by atoms with Gasteiger partial charge in [-0.2, -0.15) is 0 Å². The summed E-state index contributed by atoms with van der Waals surface area (Å²) in [5.74, 6) is 0. The van der Waals surface area contributed by atoms with Crippen LogP contribution in [-0.4, -0.2) is 19.6 Å². The number of hydrogen-bond donors (Lipinski definition) is 2. The van der Waals surface area contributed by atoms with E-state index in [0.717, 1.165) is 33.6 Å². The molecule has 0 fully saturated rings. The van der Waals surface area contributed by atoms with E-state index in [4.69, 9.17) is 0 Å². The van der Waals surface area contributed by atoms with Crippen LogP contribution in [-0.2, 0) is 0 Å². The van der Waals surface area contributed by atoms with Crippen LogP contribution in [0.25, 0.3) is 11.4 Å². The number of aromatic amines is 2. The summed E-state index contributed by atoms with van der Waals surface area (Å²) in [5.41, 5.74) is 6.73. The first-order valence-corrected chi connectivity index (χ1v) is 10.4. The largest absolute Gasteiger partial charge is 0.299 e. The third-order valence-corrected chi connectivity index (χ3v) is 5.83. The lowest BCUT2D eigenvalue weighted by atomic mass is 10.1. The molecule has 2 aromatic carbocycles. The van der Waals surface area contributed by atoms with Gasteiger partial charge in [-0.3, -0.25) is 19.8 Å². The van der Waals surface area contributed by atoms with E-state index in [2.05, 4.69) is 20.4 Å². The molecule has 4 aromatic rings. The molecule has 0 radical (unpaired) electrons. The van der Waals surface area contributed by atoms with Gasteiger partial charge in [-0.05, 0) is 88.1 Å². The van der Waals surface area contributed by atoms with Crippen LogP contribution in [0.4, 0.5) is 11.4 Å². The average molecular weight is 431 g/mol. The number of hydrogen-bond acceptors (Lipinski definition) is 4. The third kappa shape index (κ3) is 3.64. The van der Waals surface area contributed by atoms with E-state index in [1.54, 1.807) is 13.8 Å². The number of azo groups is 1. The molecule has 0 spiro atoms. The average Bonchev–Trinajstić information content (AvgIpc) is 3.19. The molecule has 2 aromatic heterocycles. The first kappa shape index (κ1) is 21.3. The molecular formula is C24H26N6O2. The number of rotatable bonds is 4. The second kappa shape index (κ2) is 7.96. The molecule has 0 aliphatic carbocycles. The van der Waals surface area contributed by atoms with Crippen LogP contribution in [0.1, 0.15) is 33.6 Å². The van der Waals surface area contributed by atoms with Gasteiger partial charge < -0.3 is 0 Å². The molecule has 0 aliphatic heterocycles. The van der Waals surface area contributed by atoms with Crippen LogP contribution < -0.4 is 11.1 Å². The Bertz CT molecular complexity index is 1370. The number of nitrogens with zero attached hydrogens (tertiary/aromatic N) is 4. The van der Waals surface area contributed by atoms with Crippen LogP contribution in [0, 0.1) is 41.5 Å². The monoisotopic (exact) mass is 430 g/mol. The topological polar surface area (TPSA) is 100 Å². The highest BCUT2D eigenvalue weighted by Gasteiger charge is 2.16. The van der Waals surface area contributed by atoms with Gasteiger partial charge in [-0.1, -0.05) is 12.1 Å². The molecule has 0 amide bonds. The predicted molar refractivity (Wildman–Crippen MR) is 125 cm³/mol. The maximum atomic E-state index is 13.0. The number of nitrogens with one attached hydrogen (secondary N) is 2. The molecule has 0 saturated heterocycles. The standard InChI is InChI=1S/C24H26N6O2/c1-13-7-9-19(11-15(13)3)29-23(31)21(17(5)27-29)25-26-22-18(6)28-30(24(22)32)20-10-8-14(2)16(4)12-20/h7-12,27-28H,1-6H3. The molecule has 2 N–H and O–H groups in total. The Kier molecular flexibility index (Phi) is 5.30. The fraction of sp³-hybridized carbons (Fsp3) is 0.250. The maximum Gasteiger partial charge on any atom is 0.299 e. The second-order valence-electron chi connectivity index (χ2n) is 8.19. The van der Waals surface area contributed by atoms with Crippen molar-refractivity contribution in [2.45, 2.75) is 41.5 Å². The van der Waals surface area contributed by atoms with Gasteiger partial charge in [0.05, 0.1) is 22.8 Å². The van der Waals surface area contributed by atoms with Crippen molar-refractivity contribution in [3.63, 3.8) is 0 Å². The van der Waals surface area contributed by atoms with E-state index < -0.39 is 0 Å². The van der Waals surface area contributed by atoms with E-state index in [-0.39, 0.29) is 22.5 Å². The van der Waals surface area contributed by atoms with Crippen LogP contribution in [0.3, 0.4) is 0 Å². The lowest BCUT2D eigenvalue weighted by molar-refractivity contribution is 0.833. The van der Waals surface area contributed by atoms with Crippen molar-refractivity contribution < 1.29 is 0 Å². The van der Waals surface area contributed by atoms with Gasteiger partial charge in [0.1, 0.15) is 0 Å². The van der Waals surface area contributed by atoms with Crippen LogP contribution in [0.5, 0.6) is 0 Å². The number of benzene rings is 2. The van der Waals surface area contributed by atoms with Crippen molar-refractivity contribution in [1.82, 2.24) is 19.6 Å². The van der Waals surface area contributed by atoms with E-state index in [0.29, 0.717) is 11.4 Å². The molecule has 0 atom stereocenters. The van der Waals surface area contributed by atoms with Crippen LogP contribution in [0.2, 0.25) is 0 Å². The second-order valence-corrected chi connectivity index (χ2v) is 8.19. The van der Waals surface area contributed by atoms with Gasteiger partial charge in [0.25, 0.3) is 11.1 Å². The molecule has 8 nitrogen and oxygen atoms in total. The van der Waals surface area contributed by atoms with Crippen molar-refractivity contribution in [3.05, 3.63) is 90.7 Å². The van der Waals surface area contributed by atoms with E-state index in [1.165, 1.54) is 9.36 Å². The first-order chi connectivity index (χ1) is 15.2. The summed E-state index contributed by atoms with van der Waals surface area (Å²) in [6.45, 7) is 11.5.